The molecule has 3 nitrogen and oxygen atoms in total. The summed E-state index contributed by atoms with van der Waals surface area (Å²) in [5.41, 5.74) is 2.82. The summed E-state index contributed by atoms with van der Waals surface area (Å²) in [6.45, 7) is 9.89. The van der Waals surface area contributed by atoms with Crippen LogP contribution >= 0.6 is 0 Å². The van der Waals surface area contributed by atoms with Crippen molar-refractivity contribution in [1.29, 1.82) is 0 Å². The Morgan fingerprint density at radius 1 is 1.21 bits per heavy atom. The third-order valence-corrected chi connectivity index (χ3v) is 6.04. The standard InChI is InChI=1S/C21H33NO2/c1-15-6-4-7-16(2)12-20-18(10-9-15)19(21(23)24-20)14-22-11-5-8-17(3)13-22/h6,12,17-20H,4-5,7-11,13-14H2,1-3H3/b15-6+,16-12+/t17?,18-,19-,20+/m0/s1. The van der Waals surface area contributed by atoms with Crippen LogP contribution < -0.4 is 0 Å². The highest BCUT2D eigenvalue weighted by Crippen LogP contribution is 2.36. The van der Waals surface area contributed by atoms with E-state index in [9.17, 15) is 4.79 Å². The van der Waals surface area contributed by atoms with Gasteiger partial charge in [-0.25, -0.2) is 0 Å². The molecule has 2 heterocycles. The van der Waals surface area contributed by atoms with Gasteiger partial charge in [-0.3, -0.25) is 4.79 Å². The number of esters is 1. The topological polar surface area (TPSA) is 29.5 Å². The molecule has 1 unspecified atom stereocenters. The lowest BCUT2D eigenvalue weighted by Gasteiger charge is -2.33. The fourth-order valence-electron chi connectivity index (χ4n) is 4.58. The van der Waals surface area contributed by atoms with Crippen LogP contribution in [0.2, 0.25) is 0 Å². The van der Waals surface area contributed by atoms with Crippen molar-refractivity contribution in [2.45, 2.75) is 65.4 Å². The van der Waals surface area contributed by atoms with Gasteiger partial charge < -0.3 is 9.64 Å². The molecule has 0 amide bonds. The number of fused-ring (bicyclic) bond motifs is 1. The van der Waals surface area contributed by atoms with Gasteiger partial charge in [-0.2, -0.15) is 0 Å². The van der Waals surface area contributed by atoms with Crippen molar-refractivity contribution in [3.63, 3.8) is 0 Å². The zero-order chi connectivity index (χ0) is 17.1. The largest absolute Gasteiger partial charge is 0.458 e. The van der Waals surface area contributed by atoms with E-state index in [-0.39, 0.29) is 18.0 Å². The molecule has 3 rings (SSSR count). The number of allylic oxidation sites excluding steroid dienone is 3. The van der Waals surface area contributed by atoms with Crippen LogP contribution in [0, 0.1) is 17.8 Å². The van der Waals surface area contributed by atoms with E-state index in [1.165, 1.54) is 24.0 Å². The number of piperidine rings is 1. The zero-order valence-electron chi connectivity index (χ0n) is 15.6. The Morgan fingerprint density at radius 2 is 2.04 bits per heavy atom. The van der Waals surface area contributed by atoms with Crippen LogP contribution in [0.5, 0.6) is 0 Å². The lowest BCUT2D eigenvalue weighted by Crippen LogP contribution is -2.40. The van der Waals surface area contributed by atoms with E-state index in [1.807, 2.05) is 0 Å². The molecular formula is C21H33NO2. The van der Waals surface area contributed by atoms with Gasteiger partial charge in [-0.05, 0) is 70.9 Å². The van der Waals surface area contributed by atoms with Crippen molar-refractivity contribution < 1.29 is 9.53 Å². The molecule has 134 valence electrons. The van der Waals surface area contributed by atoms with Crippen molar-refractivity contribution in [2.75, 3.05) is 19.6 Å². The highest BCUT2D eigenvalue weighted by molar-refractivity contribution is 5.76. The molecule has 0 N–H and O–H groups in total. The van der Waals surface area contributed by atoms with Gasteiger partial charge in [0.05, 0.1) is 5.92 Å². The predicted octanol–water partition coefficient (Wildman–Crippen LogP) is 4.34. The van der Waals surface area contributed by atoms with E-state index in [4.69, 9.17) is 4.74 Å². The molecule has 0 saturated carbocycles. The van der Waals surface area contributed by atoms with Gasteiger partial charge in [0.2, 0.25) is 0 Å². The second-order valence-corrected chi connectivity index (χ2v) is 8.32. The summed E-state index contributed by atoms with van der Waals surface area (Å²) in [6, 6.07) is 0. The summed E-state index contributed by atoms with van der Waals surface area (Å²) >= 11 is 0. The summed E-state index contributed by atoms with van der Waals surface area (Å²) in [4.78, 5) is 15.1. The molecule has 2 saturated heterocycles. The molecule has 0 radical (unpaired) electrons. The van der Waals surface area contributed by atoms with E-state index >= 15 is 0 Å². The predicted molar refractivity (Wildman–Crippen MR) is 97.7 cm³/mol. The summed E-state index contributed by atoms with van der Waals surface area (Å²) in [5.74, 6) is 1.18. The number of rotatable bonds is 2. The lowest BCUT2D eigenvalue weighted by atomic mass is 9.83. The molecule has 0 aromatic heterocycles. The van der Waals surface area contributed by atoms with Gasteiger partial charge >= 0.3 is 5.97 Å². The second kappa shape index (κ2) is 7.86. The Hall–Kier alpha value is -1.09. The van der Waals surface area contributed by atoms with Crippen LogP contribution in [-0.2, 0) is 9.53 Å². The number of carbonyl (C=O) groups excluding carboxylic acids is 1. The summed E-state index contributed by atoms with van der Waals surface area (Å²) in [7, 11) is 0. The zero-order valence-corrected chi connectivity index (χ0v) is 15.6. The van der Waals surface area contributed by atoms with Gasteiger partial charge in [0.1, 0.15) is 6.10 Å². The average molecular weight is 332 g/mol. The molecular weight excluding hydrogens is 298 g/mol. The summed E-state index contributed by atoms with van der Waals surface area (Å²) < 4.78 is 5.82. The number of carbonyl (C=O) groups is 1. The first kappa shape index (κ1) is 17.7. The second-order valence-electron chi connectivity index (χ2n) is 8.32. The van der Waals surface area contributed by atoms with E-state index in [0.717, 1.165) is 51.2 Å². The van der Waals surface area contributed by atoms with Crippen molar-refractivity contribution in [3.05, 3.63) is 23.3 Å². The monoisotopic (exact) mass is 331 g/mol. The molecule has 2 fully saturated rings. The van der Waals surface area contributed by atoms with E-state index in [0.29, 0.717) is 5.92 Å². The normalized spacial score (nSPS) is 40.0. The first-order chi connectivity index (χ1) is 11.5. The number of likely N-dealkylation sites (tertiary alicyclic amines) is 1. The molecule has 3 heteroatoms. The maximum Gasteiger partial charge on any atom is 0.311 e. The number of ether oxygens (including phenoxy) is 1. The highest BCUT2D eigenvalue weighted by atomic mass is 16.6. The fraction of sp³-hybridized carbons (Fsp3) is 0.762. The number of hydrogen-bond acceptors (Lipinski definition) is 3. The third-order valence-electron chi connectivity index (χ3n) is 6.04. The molecule has 0 bridgehead atoms. The van der Waals surface area contributed by atoms with Crippen LogP contribution in [0.1, 0.15) is 59.3 Å². The Kier molecular flexibility index (Phi) is 5.80. The van der Waals surface area contributed by atoms with Crippen LogP contribution in [0.4, 0.5) is 0 Å². The van der Waals surface area contributed by atoms with Gasteiger partial charge in [-0.15, -0.1) is 0 Å². The molecule has 0 aromatic carbocycles. The van der Waals surface area contributed by atoms with Crippen molar-refractivity contribution in [2.24, 2.45) is 17.8 Å². The van der Waals surface area contributed by atoms with Gasteiger partial charge in [0, 0.05) is 19.0 Å². The Balaban J connectivity index is 1.74. The van der Waals surface area contributed by atoms with Crippen LogP contribution in [0.25, 0.3) is 0 Å². The van der Waals surface area contributed by atoms with E-state index in [2.05, 4.69) is 37.8 Å². The summed E-state index contributed by atoms with van der Waals surface area (Å²) in [5, 5.41) is 0. The van der Waals surface area contributed by atoms with Crippen molar-refractivity contribution >= 4 is 5.97 Å². The molecule has 3 aliphatic rings. The fourth-order valence-corrected chi connectivity index (χ4v) is 4.58. The van der Waals surface area contributed by atoms with Crippen LogP contribution in [-0.4, -0.2) is 36.6 Å². The number of nitrogens with zero attached hydrogens (tertiary/aromatic N) is 1. The van der Waals surface area contributed by atoms with Gasteiger partial charge in [0.25, 0.3) is 0 Å². The molecule has 4 atom stereocenters. The first-order valence-corrected chi connectivity index (χ1v) is 9.78. The average Bonchev–Trinajstić information content (AvgIpc) is 2.80. The smallest absolute Gasteiger partial charge is 0.311 e. The SMILES string of the molecule is C/C1=C\[C@H]2OC(=O)[C@@H](CN3CCCC(C)C3)[C@@H]2CC/C(C)=C/CC1. The lowest BCUT2D eigenvalue weighted by molar-refractivity contribution is -0.143. The maximum atomic E-state index is 12.6. The quantitative estimate of drug-likeness (QED) is 0.557. The van der Waals surface area contributed by atoms with Crippen molar-refractivity contribution in [3.8, 4) is 0 Å². The molecule has 0 spiro atoms. The summed E-state index contributed by atoms with van der Waals surface area (Å²) in [6.07, 6.45) is 11.5. The van der Waals surface area contributed by atoms with Gasteiger partial charge in [0.15, 0.2) is 0 Å². The van der Waals surface area contributed by atoms with Crippen LogP contribution in [0.3, 0.4) is 0 Å². The van der Waals surface area contributed by atoms with Crippen LogP contribution in [0.15, 0.2) is 23.3 Å². The Bertz CT molecular complexity index is 522. The van der Waals surface area contributed by atoms with Gasteiger partial charge in [-0.1, -0.05) is 24.1 Å². The maximum absolute atomic E-state index is 12.6. The minimum Gasteiger partial charge on any atom is -0.458 e. The van der Waals surface area contributed by atoms with E-state index in [1.54, 1.807) is 0 Å². The number of hydrogen-bond donors (Lipinski definition) is 0. The highest BCUT2D eigenvalue weighted by Gasteiger charge is 2.44. The Labute approximate surface area is 147 Å². The van der Waals surface area contributed by atoms with Crippen molar-refractivity contribution in [1.82, 2.24) is 4.90 Å². The first-order valence-electron chi connectivity index (χ1n) is 9.78. The van der Waals surface area contributed by atoms with E-state index < -0.39 is 0 Å². The minimum atomic E-state index is -0.00406. The minimum absolute atomic E-state index is 0.00406. The molecule has 0 aromatic rings. The molecule has 2 aliphatic heterocycles. The third kappa shape index (κ3) is 4.30. The molecule has 24 heavy (non-hydrogen) atoms. The molecule has 1 aliphatic carbocycles. The Morgan fingerprint density at radius 3 is 2.83 bits per heavy atom.